The first-order valence-electron chi connectivity index (χ1n) is 4.52. The molecule has 0 bridgehead atoms. The van der Waals surface area contributed by atoms with Gasteiger partial charge in [-0.15, -0.1) is 0 Å². The maximum absolute atomic E-state index is 12.7. The summed E-state index contributed by atoms with van der Waals surface area (Å²) in [6, 6.07) is 7.18. The zero-order chi connectivity index (χ0) is 10.8. The Bertz CT molecular complexity index is 285. The lowest BCUT2D eigenvalue weighted by molar-refractivity contribution is 0.0226. The number of alkyl halides is 2. The standard InChI is InChI=1S/C11H15F2N/c1-11(12,13)8-9-4-6-10(7-5-9)14(2)3/h4-7H,8H2,1-3H3. The van der Waals surface area contributed by atoms with Gasteiger partial charge in [0.2, 0.25) is 5.92 Å². The fourth-order valence-electron chi connectivity index (χ4n) is 1.27. The molecule has 1 aromatic carbocycles. The van der Waals surface area contributed by atoms with Crippen LogP contribution in [0.25, 0.3) is 0 Å². The molecule has 0 atom stereocenters. The van der Waals surface area contributed by atoms with E-state index in [1.165, 1.54) is 0 Å². The Kier molecular flexibility index (Phi) is 3.09. The second-order valence-corrected chi connectivity index (χ2v) is 3.81. The third kappa shape index (κ3) is 3.32. The quantitative estimate of drug-likeness (QED) is 0.723. The van der Waals surface area contributed by atoms with E-state index in [2.05, 4.69) is 0 Å². The summed E-state index contributed by atoms with van der Waals surface area (Å²) >= 11 is 0. The molecule has 0 radical (unpaired) electrons. The number of halogens is 2. The first-order chi connectivity index (χ1) is 6.38. The summed E-state index contributed by atoms with van der Waals surface area (Å²) < 4.78 is 25.3. The van der Waals surface area contributed by atoms with E-state index in [1.807, 2.05) is 31.1 Å². The van der Waals surface area contributed by atoms with E-state index in [-0.39, 0.29) is 6.42 Å². The first kappa shape index (κ1) is 11.0. The summed E-state index contributed by atoms with van der Waals surface area (Å²) in [4.78, 5) is 1.94. The minimum Gasteiger partial charge on any atom is -0.378 e. The van der Waals surface area contributed by atoms with Gasteiger partial charge in [0.05, 0.1) is 0 Å². The minimum atomic E-state index is -2.63. The molecule has 3 heteroatoms. The van der Waals surface area contributed by atoms with Crippen LogP contribution in [0.15, 0.2) is 24.3 Å². The summed E-state index contributed by atoms with van der Waals surface area (Å²) in [5.74, 6) is -2.63. The van der Waals surface area contributed by atoms with Gasteiger partial charge in [0.25, 0.3) is 0 Å². The number of hydrogen-bond donors (Lipinski definition) is 0. The molecule has 0 aliphatic heterocycles. The molecule has 14 heavy (non-hydrogen) atoms. The molecule has 0 aliphatic carbocycles. The predicted molar refractivity (Wildman–Crippen MR) is 55.1 cm³/mol. The molecule has 1 nitrogen and oxygen atoms in total. The number of nitrogens with zero attached hydrogens (tertiary/aromatic N) is 1. The van der Waals surface area contributed by atoms with Gasteiger partial charge in [-0.3, -0.25) is 0 Å². The number of benzene rings is 1. The maximum atomic E-state index is 12.7. The molecule has 0 amide bonds. The minimum absolute atomic E-state index is 0.194. The van der Waals surface area contributed by atoms with E-state index >= 15 is 0 Å². The summed E-state index contributed by atoms with van der Waals surface area (Å²) in [6.45, 7) is 0.937. The van der Waals surface area contributed by atoms with Gasteiger partial charge in [-0.05, 0) is 24.6 Å². The highest BCUT2D eigenvalue weighted by atomic mass is 19.3. The fourth-order valence-corrected chi connectivity index (χ4v) is 1.27. The van der Waals surface area contributed by atoms with Crippen molar-refractivity contribution in [2.24, 2.45) is 0 Å². The summed E-state index contributed by atoms with van der Waals surface area (Å²) in [5, 5.41) is 0. The van der Waals surface area contributed by atoms with Crippen molar-refractivity contribution >= 4 is 5.69 Å². The Morgan fingerprint density at radius 1 is 1.14 bits per heavy atom. The van der Waals surface area contributed by atoms with Crippen LogP contribution in [0.5, 0.6) is 0 Å². The monoisotopic (exact) mass is 199 g/mol. The Labute approximate surface area is 83.3 Å². The van der Waals surface area contributed by atoms with Crippen molar-refractivity contribution in [3.05, 3.63) is 29.8 Å². The van der Waals surface area contributed by atoms with Gasteiger partial charge in [0, 0.05) is 26.2 Å². The van der Waals surface area contributed by atoms with Crippen LogP contribution < -0.4 is 4.90 Å². The molecule has 0 unspecified atom stereocenters. The van der Waals surface area contributed by atoms with Crippen molar-refractivity contribution in [3.8, 4) is 0 Å². The van der Waals surface area contributed by atoms with Crippen LogP contribution >= 0.6 is 0 Å². The second kappa shape index (κ2) is 3.95. The first-order valence-corrected chi connectivity index (χ1v) is 4.52. The van der Waals surface area contributed by atoms with Crippen LogP contribution in [-0.4, -0.2) is 20.0 Å². The maximum Gasteiger partial charge on any atom is 0.249 e. The Morgan fingerprint density at radius 3 is 2.00 bits per heavy atom. The fraction of sp³-hybridized carbons (Fsp3) is 0.455. The lowest BCUT2D eigenvalue weighted by Crippen LogP contribution is -2.14. The molecule has 1 rings (SSSR count). The van der Waals surface area contributed by atoms with Crippen molar-refractivity contribution in [2.75, 3.05) is 19.0 Å². The van der Waals surface area contributed by atoms with Crippen molar-refractivity contribution in [1.82, 2.24) is 0 Å². The largest absolute Gasteiger partial charge is 0.378 e. The van der Waals surface area contributed by atoms with E-state index in [1.54, 1.807) is 12.1 Å². The third-order valence-electron chi connectivity index (χ3n) is 1.97. The molecule has 1 aromatic rings. The molecular formula is C11H15F2N. The van der Waals surface area contributed by atoms with Gasteiger partial charge >= 0.3 is 0 Å². The van der Waals surface area contributed by atoms with Crippen LogP contribution in [0.4, 0.5) is 14.5 Å². The number of rotatable bonds is 3. The van der Waals surface area contributed by atoms with Gasteiger partial charge < -0.3 is 4.90 Å². The summed E-state index contributed by atoms with van der Waals surface area (Å²) in [5.41, 5.74) is 1.69. The molecule has 0 spiro atoms. The van der Waals surface area contributed by atoms with Gasteiger partial charge in [0.1, 0.15) is 0 Å². The SMILES string of the molecule is CN(C)c1ccc(CC(C)(F)F)cc1. The van der Waals surface area contributed by atoms with Gasteiger partial charge in [-0.1, -0.05) is 12.1 Å². The van der Waals surface area contributed by atoms with Crippen molar-refractivity contribution in [3.63, 3.8) is 0 Å². The zero-order valence-corrected chi connectivity index (χ0v) is 8.72. The van der Waals surface area contributed by atoms with E-state index < -0.39 is 5.92 Å². The van der Waals surface area contributed by atoms with Crippen molar-refractivity contribution < 1.29 is 8.78 Å². The van der Waals surface area contributed by atoms with E-state index in [0.29, 0.717) is 5.56 Å². The van der Waals surface area contributed by atoms with Crippen molar-refractivity contribution in [2.45, 2.75) is 19.3 Å². The lowest BCUT2D eigenvalue weighted by atomic mass is 10.1. The van der Waals surface area contributed by atoms with Gasteiger partial charge in [-0.2, -0.15) is 0 Å². The topological polar surface area (TPSA) is 3.24 Å². The highest BCUT2D eigenvalue weighted by molar-refractivity contribution is 5.46. The Hall–Kier alpha value is -1.12. The van der Waals surface area contributed by atoms with E-state index in [0.717, 1.165) is 12.6 Å². The van der Waals surface area contributed by atoms with E-state index in [9.17, 15) is 8.78 Å². The third-order valence-corrected chi connectivity index (χ3v) is 1.97. The molecule has 0 saturated carbocycles. The summed E-state index contributed by atoms with van der Waals surface area (Å²) in [7, 11) is 3.84. The molecule has 0 aromatic heterocycles. The van der Waals surface area contributed by atoms with Crippen LogP contribution in [0.3, 0.4) is 0 Å². The molecule has 0 heterocycles. The average Bonchev–Trinajstić information content (AvgIpc) is 2.02. The highest BCUT2D eigenvalue weighted by Gasteiger charge is 2.21. The normalized spacial score (nSPS) is 11.5. The molecular weight excluding hydrogens is 184 g/mol. The van der Waals surface area contributed by atoms with Crippen LogP contribution in [0.2, 0.25) is 0 Å². The zero-order valence-electron chi connectivity index (χ0n) is 8.72. The number of hydrogen-bond acceptors (Lipinski definition) is 1. The molecule has 0 N–H and O–H groups in total. The van der Waals surface area contributed by atoms with Crippen LogP contribution in [0, 0.1) is 0 Å². The Morgan fingerprint density at radius 2 is 1.64 bits per heavy atom. The van der Waals surface area contributed by atoms with Crippen LogP contribution in [-0.2, 0) is 6.42 Å². The molecule has 0 saturated heterocycles. The summed E-state index contributed by atoms with van der Waals surface area (Å²) in [6.07, 6.45) is -0.194. The van der Waals surface area contributed by atoms with E-state index in [4.69, 9.17) is 0 Å². The lowest BCUT2D eigenvalue weighted by Gasteiger charge is -2.14. The molecule has 0 fully saturated rings. The van der Waals surface area contributed by atoms with Gasteiger partial charge in [-0.25, -0.2) is 8.78 Å². The molecule has 78 valence electrons. The average molecular weight is 199 g/mol. The molecule has 0 aliphatic rings. The number of anilines is 1. The van der Waals surface area contributed by atoms with Crippen molar-refractivity contribution in [1.29, 1.82) is 0 Å². The predicted octanol–water partition coefficient (Wildman–Crippen LogP) is 2.95. The van der Waals surface area contributed by atoms with Gasteiger partial charge in [0.15, 0.2) is 0 Å². The van der Waals surface area contributed by atoms with Crippen LogP contribution in [0.1, 0.15) is 12.5 Å². The smallest absolute Gasteiger partial charge is 0.249 e. The Balaban J connectivity index is 2.74. The highest BCUT2D eigenvalue weighted by Crippen LogP contribution is 2.20. The second-order valence-electron chi connectivity index (χ2n) is 3.81.